The van der Waals surface area contributed by atoms with Gasteiger partial charge in [0.1, 0.15) is 0 Å². The van der Waals surface area contributed by atoms with Gasteiger partial charge in [-0.1, -0.05) is 50.6 Å². The molecule has 1 aliphatic heterocycles. The zero-order valence-corrected chi connectivity index (χ0v) is 16.3. The normalized spacial score (nSPS) is 15.2. The van der Waals surface area contributed by atoms with Crippen LogP contribution in [0.5, 0.6) is 0 Å². The largest absolute Gasteiger partial charge is 0.352 e. The van der Waals surface area contributed by atoms with Crippen LogP contribution in [0.3, 0.4) is 0 Å². The third-order valence-corrected chi connectivity index (χ3v) is 4.77. The number of piperazine rings is 1. The molecule has 2 heterocycles. The van der Waals surface area contributed by atoms with Crippen molar-refractivity contribution in [1.82, 2.24) is 15.1 Å². The van der Waals surface area contributed by atoms with Crippen LogP contribution < -0.4 is 4.90 Å². The first-order chi connectivity index (χ1) is 12.3. The second-order valence-electron chi connectivity index (χ2n) is 7.86. The zero-order chi connectivity index (χ0) is 18.7. The van der Waals surface area contributed by atoms with Gasteiger partial charge in [-0.15, -0.1) is 10.2 Å². The summed E-state index contributed by atoms with van der Waals surface area (Å²) in [5, 5.41) is 9.36. The average Bonchev–Trinajstić information content (AvgIpc) is 2.61. The zero-order valence-electron chi connectivity index (χ0n) is 15.6. The Kier molecular flexibility index (Phi) is 5.47. The van der Waals surface area contributed by atoms with Crippen LogP contribution in [0.25, 0.3) is 11.3 Å². The monoisotopic (exact) mass is 372 g/mol. The number of halogens is 1. The lowest BCUT2D eigenvalue weighted by Crippen LogP contribution is -2.49. The van der Waals surface area contributed by atoms with Crippen LogP contribution in [-0.4, -0.2) is 47.2 Å². The summed E-state index contributed by atoms with van der Waals surface area (Å²) in [7, 11) is 0. The van der Waals surface area contributed by atoms with Gasteiger partial charge in [0.15, 0.2) is 5.82 Å². The summed E-state index contributed by atoms with van der Waals surface area (Å²) in [4.78, 5) is 16.5. The molecule has 5 nitrogen and oxygen atoms in total. The number of carbonyl (C=O) groups excluding carboxylic acids is 1. The summed E-state index contributed by atoms with van der Waals surface area (Å²) in [6.07, 6.45) is 0.583. The number of benzene rings is 1. The van der Waals surface area contributed by atoms with Crippen molar-refractivity contribution in [2.24, 2.45) is 5.41 Å². The maximum Gasteiger partial charge on any atom is 0.223 e. The van der Waals surface area contributed by atoms with Gasteiger partial charge < -0.3 is 9.80 Å². The quantitative estimate of drug-likeness (QED) is 0.820. The molecule has 0 N–H and O–H groups in total. The Labute approximate surface area is 160 Å². The standard InChI is InChI=1S/C20H25ClN4O/c1-20(2,3)14-19(26)25-12-10-24(11-13-25)18-9-8-17(22-23-18)15-6-4-5-7-16(15)21/h4-9H,10-14H2,1-3H3. The molecule has 1 aliphatic rings. The van der Waals surface area contributed by atoms with E-state index in [1.54, 1.807) is 0 Å². The van der Waals surface area contributed by atoms with Crippen molar-refractivity contribution in [1.29, 1.82) is 0 Å². The molecular weight excluding hydrogens is 348 g/mol. The predicted octanol–water partition coefficient (Wildman–Crippen LogP) is 3.88. The van der Waals surface area contributed by atoms with Crippen molar-refractivity contribution < 1.29 is 4.79 Å². The first kappa shape index (κ1) is 18.6. The Morgan fingerprint density at radius 2 is 1.73 bits per heavy atom. The van der Waals surface area contributed by atoms with Gasteiger partial charge in [0, 0.05) is 38.2 Å². The lowest BCUT2D eigenvalue weighted by Gasteiger charge is -2.36. The highest BCUT2D eigenvalue weighted by atomic mass is 35.5. The maximum absolute atomic E-state index is 12.4. The van der Waals surface area contributed by atoms with Crippen molar-refractivity contribution >= 4 is 23.3 Å². The molecule has 0 bridgehead atoms. The Morgan fingerprint density at radius 1 is 1.04 bits per heavy atom. The Hall–Kier alpha value is -2.14. The van der Waals surface area contributed by atoms with Crippen molar-refractivity contribution in [2.75, 3.05) is 31.1 Å². The Balaban J connectivity index is 1.62. The fourth-order valence-corrected chi connectivity index (χ4v) is 3.29. The van der Waals surface area contributed by atoms with Crippen molar-refractivity contribution in [2.45, 2.75) is 27.2 Å². The van der Waals surface area contributed by atoms with Gasteiger partial charge in [-0.3, -0.25) is 4.79 Å². The highest BCUT2D eigenvalue weighted by molar-refractivity contribution is 6.33. The van der Waals surface area contributed by atoms with Gasteiger partial charge in [-0.05, 0) is 23.6 Å². The third-order valence-electron chi connectivity index (χ3n) is 4.44. The molecule has 1 saturated heterocycles. The van der Waals surface area contributed by atoms with Crippen LogP contribution >= 0.6 is 11.6 Å². The second kappa shape index (κ2) is 7.62. The lowest BCUT2D eigenvalue weighted by molar-refractivity contribution is -0.133. The number of anilines is 1. The van der Waals surface area contributed by atoms with E-state index in [4.69, 9.17) is 11.6 Å². The van der Waals surface area contributed by atoms with Crippen molar-refractivity contribution in [3.05, 3.63) is 41.4 Å². The van der Waals surface area contributed by atoms with E-state index >= 15 is 0 Å². The molecule has 1 amide bonds. The number of aromatic nitrogens is 2. The number of amides is 1. The van der Waals surface area contributed by atoms with E-state index in [2.05, 4.69) is 35.9 Å². The van der Waals surface area contributed by atoms with Crippen molar-refractivity contribution in [3.63, 3.8) is 0 Å². The van der Waals surface area contributed by atoms with E-state index in [0.29, 0.717) is 11.4 Å². The van der Waals surface area contributed by atoms with Gasteiger partial charge in [0.05, 0.1) is 10.7 Å². The van der Waals surface area contributed by atoms with Crippen LogP contribution in [0.4, 0.5) is 5.82 Å². The smallest absolute Gasteiger partial charge is 0.223 e. The molecule has 1 aromatic carbocycles. The summed E-state index contributed by atoms with van der Waals surface area (Å²) in [6, 6.07) is 11.5. The molecule has 2 aromatic rings. The number of nitrogens with zero attached hydrogens (tertiary/aromatic N) is 4. The van der Waals surface area contributed by atoms with E-state index in [0.717, 1.165) is 43.3 Å². The molecule has 1 aromatic heterocycles. The Morgan fingerprint density at radius 3 is 2.31 bits per heavy atom. The minimum Gasteiger partial charge on any atom is -0.352 e. The highest BCUT2D eigenvalue weighted by Crippen LogP contribution is 2.26. The average molecular weight is 373 g/mol. The van der Waals surface area contributed by atoms with E-state index in [1.165, 1.54) is 0 Å². The predicted molar refractivity (Wildman–Crippen MR) is 105 cm³/mol. The van der Waals surface area contributed by atoms with E-state index in [1.807, 2.05) is 41.3 Å². The number of rotatable bonds is 3. The van der Waals surface area contributed by atoms with E-state index in [-0.39, 0.29) is 11.3 Å². The number of hydrogen-bond donors (Lipinski definition) is 0. The van der Waals surface area contributed by atoms with Gasteiger partial charge in [-0.25, -0.2) is 0 Å². The summed E-state index contributed by atoms with van der Waals surface area (Å²) in [6.45, 7) is 9.28. The van der Waals surface area contributed by atoms with Crippen LogP contribution in [0, 0.1) is 5.41 Å². The number of hydrogen-bond acceptors (Lipinski definition) is 4. The molecule has 3 rings (SSSR count). The molecule has 0 unspecified atom stereocenters. The molecule has 0 radical (unpaired) electrons. The van der Waals surface area contributed by atoms with Gasteiger partial charge in [-0.2, -0.15) is 0 Å². The van der Waals surface area contributed by atoms with Crippen molar-refractivity contribution in [3.8, 4) is 11.3 Å². The highest BCUT2D eigenvalue weighted by Gasteiger charge is 2.25. The van der Waals surface area contributed by atoms with Crippen LogP contribution in [0.1, 0.15) is 27.2 Å². The number of carbonyl (C=O) groups is 1. The third kappa shape index (κ3) is 4.52. The summed E-state index contributed by atoms with van der Waals surface area (Å²) in [5.41, 5.74) is 1.66. The maximum atomic E-state index is 12.4. The SMILES string of the molecule is CC(C)(C)CC(=O)N1CCN(c2ccc(-c3ccccc3Cl)nn2)CC1. The molecule has 0 aliphatic carbocycles. The second-order valence-corrected chi connectivity index (χ2v) is 8.27. The van der Waals surface area contributed by atoms with Crippen LogP contribution in [-0.2, 0) is 4.79 Å². The fourth-order valence-electron chi connectivity index (χ4n) is 3.06. The molecule has 6 heteroatoms. The van der Waals surface area contributed by atoms with Gasteiger partial charge >= 0.3 is 0 Å². The van der Waals surface area contributed by atoms with Crippen LogP contribution in [0.2, 0.25) is 5.02 Å². The first-order valence-corrected chi connectivity index (χ1v) is 9.33. The molecule has 26 heavy (non-hydrogen) atoms. The molecular formula is C20H25ClN4O. The molecule has 1 fully saturated rings. The van der Waals surface area contributed by atoms with E-state index in [9.17, 15) is 4.79 Å². The first-order valence-electron chi connectivity index (χ1n) is 8.95. The summed E-state index contributed by atoms with van der Waals surface area (Å²) in [5.74, 6) is 1.07. The van der Waals surface area contributed by atoms with Gasteiger partial charge in [0.2, 0.25) is 5.91 Å². The minimum atomic E-state index is 0.0221. The summed E-state index contributed by atoms with van der Waals surface area (Å²) < 4.78 is 0. The van der Waals surface area contributed by atoms with E-state index < -0.39 is 0 Å². The van der Waals surface area contributed by atoms with Gasteiger partial charge in [0.25, 0.3) is 0 Å². The molecule has 138 valence electrons. The van der Waals surface area contributed by atoms with Crippen LogP contribution in [0.15, 0.2) is 36.4 Å². The molecule has 0 atom stereocenters. The minimum absolute atomic E-state index is 0.0221. The summed E-state index contributed by atoms with van der Waals surface area (Å²) >= 11 is 6.22. The Bertz CT molecular complexity index is 762. The lowest BCUT2D eigenvalue weighted by atomic mass is 9.91. The molecule has 0 spiro atoms. The molecule has 0 saturated carbocycles. The topological polar surface area (TPSA) is 49.3 Å². The fraction of sp³-hybridized carbons (Fsp3) is 0.450.